The highest BCUT2D eigenvalue weighted by molar-refractivity contribution is 5.92. The quantitative estimate of drug-likeness (QED) is 0.886. The van der Waals surface area contributed by atoms with Crippen LogP contribution in [0, 0.1) is 20.8 Å². The summed E-state index contributed by atoms with van der Waals surface area (Å²) >= 11 is 0. The molecule has 2 N–H and O–H groups in total. The minimum atomic E-state index is -0.132. The topological polar surface area (TPSA) is 57.8 Å². The van der Waals surface area contributed by atoms with Gasteiger partial charge in [-0.1, -0.05) is 31.0 Å². The Hall–Kier alpha value is -2.10. The van der Waals surface area contributed by atoms with Crippen LogP contribution in [-0.4, -0.2) is 16.1 Å². The molecule has 0 atom stereocenters. The van der Waals surface area contributed by atoms with Crippen LogP contribution in [-0.2, 0) is 13.0 Å². The molecule has 0 aliphatic carbocycles. The normalized spacial score (nSPS) is 10.7. The zero-order valence-corrected chi connectivity index (χ0v) is 13.2. The fourth-order valence-electron chi connectivity index (χ4n) is 2.62. The van der Waals surface area contributed by atoms with Gasteiger partial charge in [0, 0.05) is 12.2 Å². The molecule has 2 aromatic rings. The van der Waals surface area contributed by atoms with E-state index in [4.69, 9.17) is 0 Å². The van der Waals surface area contributed by atoms with Gasteiger partial charge in [0.1, 0.15) is 5.69 Å². The van der Waals surface area contributed by atoms with Crippen LogP contribution >= 0.6 is 0 Å². The first kappa shape index (κ1) is 15.3. The van der Waals surface area contributed by atoms with Crippen molar-refractivity contribution in [3.8, 4) is 0 Å². The van der Waals surface area contributed by atoms with Crippen molar-refractivity contribution in [3.05, 3.63) is 51.8 Å². The van der Waals surface area contributed by atoms with E-state index in [0.717, 1.165) is 18.5 Å². The summed E-state index contributed by atoms with van der Waals surface area (Å²) in [5.74, 6) is -0.132. The van der Waals surface area contributed by atoms with Gasteiger partial charge in [0.2, 0.25) is 0 Å². The Labute approximate surface area is 126 Å². The van der Waals surface area contributed by atoms with Gasteiger partial charge >= 0.3 is 0 Å². The van der Waals surface area contributed by atoms with E-state index in [0.29, 0.717) is 12.2 Å². The number of hydrogen-bond donors (Lipinski definition) is 2. The number of hydrogen-bond acceptors (Lipinski definition) is 2. The number of carbonyl (C=O) groups is 1. The number of rotatable bonds is 5. The first-order chi connectivity index (χ1) is 10.0. The van der Waals surface area contributed by atoms with Gasteiger partial charge in [-0.3, -0.25) is 9.89 Å². The van der Waals surface area contributed by atoms with Crippen molar-refractivity contribution in [2.45, 2.75) is 47.1 Å². The number of H-pyrrole nitrogens is 1. The lowest BCUT2D eigenvalue weighted by atomic mass is 10.00. The molecule has 4 heteroatoms. The van der Waals surface area contributed by atoms with E-state index in [-0.39, 0.29) is 5.91 Å². The third kappa shape index (κ3) is 3.72. The standard InChI is InChI=1S/C17H23N3O/c1-5-6-14-9-16(20-19-14)17(21)18-10-15-12(3)7-11(2)8-13(15)4/h7-9H,5-6,10H2,1-4H3,(H,18,21)(H,19,20). The zero-order valence-electron chi connectivity index (χ0n) is 13.2. The number of aromatic amines is 1. The van der Waals surface area contributed by atoms with Crippen molar-refractivity contribution in [2.24, 2.45) is 0 Å². The third-order valence-electron chi connectivity index (χ3n) is 3.65. The monoisotopic (exact) mass is 285 g/mol. The fourth-order valence-corrected chi connectivity index (χ4v) is 2.62. The maximum Gasteiger partial charge on any atom is 0.272 e. The molecule has 0 unspecified atom stereocenters. The van der Waals surface area contributed by atoms with Gasteiger partial charge in [0.05, 0.1) is 0 Å². The summed E-state index contributed by atoms with van der Waals surface area (Å²) < 4.78 is 0. The summed E-state index contributed by atoms with van der Waals surface area (Å²) in [6.07, 6.45) is 1.95. The molecule has 2 rings (SSSR count). The van der Waals surface area contributed by atoms with E-state index in [9.17, 15) is 4.79 Å². The molecule has 1 heterocycles. The van der Waals surface area contributed by atoms with Crippen molar-refractivity contribution in [1.29, 1.82) is 0 Å². The van der Waals surface area contributed by atoms with Crippen molar-refractivity contribution < 1.29 is 4.79 Å². The van der Waals surface area contributed by atoms with Gasteiger partial charge in [-0.25, -0.2) is 0 Å². The van der Waals surface area contributed by atoms with Crippen LogP contribution in [0.4, 0.5) is 0 Å². The summed E-state index contributed by atoms with van der Waals surface area (Å²) in [6, 6.07) is 6.11. The molecule has 0 saturated carbocycles. The SMILES string of the molecule is CCCc1cc(C(=O)NCc2c(C)cc(C)cc2C)n[nH]1. The smallest absolute Gasteiger partial charge is 0.272 e. The van der Waals surface area contributed by atoms with Gasteiger partial charge in [-0.15, -0.1) is 0 Å². The summed E-state index contributed by atoms with van der Waals surface area (Å²) in [5.41, 5.74) is 6.31. The Balaban J connectivity index is 2.04. The largest absolute Gasteiger partial charge is 0.347 e. The van der Waals surface area contributed by atoms with Crippen molar-refractivity contribution >= 4 is 5.91 Å². The second kappa shape index (κ2) is 6.57. The minimum Gasteiger partial charge on any atom is -0.347 e. The first-order valence-corrected chi connectivity index (χ1v) is 7.40. The third-order valence-corrected chi connectivity index (χ3v) is 3.65. The second-order valence-electron chi connectivity index (χ2n) is 5.59. The molecule has 0 radical (unpaired) electrons. The number of nitrogens with zero attached hydrogens (tertiary/aromatic N) is 1. The van der Waals surface area contributed by atoms with Gasteiger partial charge < -0.3 is 5.32 Å². The van der Waals surface area contributed by atoms with Crippen LogP contribution in [0.1, 0.15) is 51.8 Å². The molecule has 1 aromatic carbocycles. The lowest BCUT2D eigenvalue weighted by Crippen LogP contribution is -2.24. The molecule has 0 saturated heterocycles. The van der Waals surface area contributed by atoms with Crippen LogP contribution < -0.4 is 5.32 Å². The average Bonchev–Trinajstić information content (AvgIpc) is 2.86. The molecule has 0 spiro atoms. The number of benzene rings is 1. The summed E-state index contributed by atoms with van der Waals surface area (Å²) in [6.45, 7) is 8.88. The molecule has 1 aromatic heterocycles. The molecule has 112 valence electrons. The van der Waals surface area contributed by atoms with Gasteiger partial charge in [0.25, 0.3) is 5.91 Å². The summed E-state index contributed by atoms with van der Waals surface area (Å²) in [5, 5.41) is 9.92. The van der Waals surface area contributed by atoms with Crippen molar-refractivity contribution in [3.63, 3.8) is 0 Å². The second-order valence-corrected chi connectivity index (χ2v) is 5.59. The predicted octanol–water partition coefficient (Wildman–Crippen LogP) is 3.22. The number of carbonyl (C=O) groups excluding carboxylic acids is 1. The Morgan fingerprint density at radius 3 is 2.48 bits per heavy atom. The van der Waals surface area contributed by atoms with E-state index < -0.39 is 0 Å². The highest BCUT2D eigenvalue weighted by Crippen LogP contribution is 2.16. The van der Waals surface area contributed by atoms with Crippen LogP contribution in [0.3, 0.4) is 0 Å². The maximum absolute atomic E-state index is 12.1. The van der Waals surface area contributed by atoms with E-state index in [1.165, 1.54) is 22.3 Å². The molecule has 1 amide bonds. The predicted molar refractivity (Wildman–Crippen MR) is 84.4 cm³/mol. The highest BCUT2D eigenvalue weighted by atomic mass is 16.1. The molecule has 21 heavy (non-hydrogen) atoms. The minimum absolute atomic E-state index is 0.132. The van der Waals surface area contributed by atoms with Crippen molar-refractivity contribution in [1.82, 2.24) is 15.5 Å². The zero-order chi connectivity index (χ0) is 15.4. The molecular weight excluding hydrogens is 262 g/mol. The number of aryl methyl sites for hydroxylation is 4. The van der Waals surface area contributed by atoms with E-state index in [1.54, 1.807) is 0 Å². The van der Waals surface area contributed by atoms with Crippen molar-refractivity contribution in [2.75, 3.05) is 0 Å². The van der Waals surface area contributed by atoms with E-state index in [2.05, 4.69) is 55.3 Å². The van der Waals surface area contributed by atoms with E-state index >= 15 is 0 Å². The Kier molecular flexibility index (Phi) is 4.78. The van der Waals surface area contributed by atoms with Crippen LogP contribution in [0.5, 0.6) is 0 Å². The number of amides is 1. The Morgan fingerprint density at radius 1 is 1.19 bits per heavy atom. The Morgan fingerprint density at radius 2 is 1.86 bits per heavy atom. The first-order valence-electron chi connectivity index (χ1n) is 7.40. The highest BCUT2D eigenvalue weighted by Gasteiger charge is 2.11. The van der Waals surface area contributed by atoms with Gasteiger partial charge in [0.15, 0.2) is 0 Å². The summed E-state index contributed by atoms with van der Waals surface area (Å²) in [7, 11) is 0. The molecular formula is C17H23N3O. The molecule has 0 bridgehead atoms. The van der Waals surface area contributed by atoms with Gasteiger partial charge in [-0.05, 0) is 49.9 Å². The number of aromatic nitrogens is 2. The van der Waals surface area contributed by atoms with Gasteiger partial charge in [-0.2, -0.15) is 5.10 Å². The maximum atomic E-state index is 12.1. The lowest BCUT2D eigenvalue weighted by molar-refractivity contribution is 0.0946. The molecule has 0 aliphatic heterocycles. The molecule has 0 aliphatic rings. The molecule has 0 fully saturated rings. The Bertz CT molecular complexity index is 620. The van der Waals surface area contributed by atoms with Crippen LogP contribution in [0.2, 0.25) is 0 Å². The number of nitrogens with one attached hydrogen (secondary N) is 2. The average molecular weight is 285 g/mol. The van der Waals surface area contributed by atoms with Crippen LogP contribution in [0.25, 0.3) is 0 Å². The van der Waals surface area contributed by atoms with Crippen LogP contribution in [0.15, 0.2) is 18.2 Å². The van der Waals surface area contributed by atoms with E-state index in [1.807, 2.05) is 6.07 Å². The molecule has 4 nitrogen and oxygen atoms in total. The lowest BCUT2D eigenvalue weighted by Gasteiger charge is -2.11. The fraction of sp³-hybridized carbons (Fsp3) is 0.412. The summed E-state index contributed by atoms with van der Waals surface area (Å²) in [4.78, 5) is 12.1.